The second kappa shape index (κ2) is 10.3. The van der Waals surface area contributed by atoms with Crippen LogP contribution in [0.25, 0.3) is 24.3 Å². The SMILES string of the molecule is CC1(C)N=C(c2ccc(/C=C/c3ccc(/C=C/c4ccc(C5=NC(C)(C)C(C)(C)[N+]5=O)cc4)cc3)cc2)N([O-])C1(C)C. The normalized spacial score (nSPS) is 20.4. The first-order valence-corrected chi connectivity index (χ1v) is 14.4. The van der Waals surface area contributed by atoms with Crippen LogP contribution in [-0.4, -0.2) is 43.7 Å². The van der Waals surface area contributed by atoms with Crippen molar-refractivity contribution >= 4 is 36.0 Å². The van der Waals surface area contributed by atoms with Gasteiger partial charge in [0, 0.05) is 11.1 Å². The fourth-order valence-electron chi connectivity index (χ4n) is 4.87. The number of rotatable bonds is 6. The van der Waals surface area contributed by atoms with E-state index in [-0.39, 0.29) is 0 Å². The minimum atomic E-state index is -0.589. The predicted molar refractivity (Wildman–Crippen MR) is 175 cm³/mol. The molecule has 3 aromatic carbocycles. The van der Waals surface area contributed by atoms with Crippen LogP contribution in [0.2, 0.25) is 0 Å². The fourth-order valence-corrected chi connectivity index (χ4v) is 4.87. The Morgan fingerprint density at radius 1 is 0.595 bits per heavy atom. The lowest BCUT2D eigenvalue weighted by molar-refractivity contribution is -0.514. The number of nitroso groups, excluding NO2 is 1. The highest BCUT2D eigenvalue weighted by molar-refractivity contribution is 6.01. The lowest BCUT2D eigenvalue weighted by atomic mass is 9.84. The maximum atomic E-state index is 12.9. The van der Waals surface area contributed by atoms with Gasteiger partial charge in [-0.3, -0.25) is 4.99 Å². The average molecular weight is 561 g/mol. The quantitative estimate of drug-likeness (QED) is 0.225. The highest BCUT2D eigenvalue weighted by Gasteiger charge is 2.59. The first kappa shape index (κ1) is 29.3. The Labute approximate surface area is 249 Å². The lowest BCUT2D eigenvalue weighted by Gasteiger charge is -2.45. The largest absolute Gasteiger partial charge is 0.757 e. The van der Waals surface area contributed by atoms with Gasteiger partial charge in [-0.2, -0.15) is 0 Å². The number of nitrogens with zero attached hydrogens (tertiary/aromatic N) is 4. The number of hydrogen-bond donors (Lipinski definition) is 0. The molecule has 42 heavy (non-hydrogen) atoms. The van der Waals surface area contributed by atoms with Gasteiger partial charge in [-0.15, -0.1) is 0 Å². The van der Waals surface area contributed by atoms with Gasteiger partial charge < -0.3 is 10.3 Å². The van der Waals surface area contributed by atoms with E-state index in [4.69, 9.17) is 9.98 Å². The maximum absolute atomic E-state index is 12.9. The molecule has 2 heterocycles. The van der Waals surface area contributed by atoms with Gasteiger partial charge in [0.1, 0.15) is 5.84 Å². The first-order valence-electron chi connectivity index (χ1n) is 14.4. The van der Waals surface area contributed by atoms with E-state index >= 15 is 0 Å². The lowest BCUT2D eigenvalue weighted by Crippen LogP contribution is -2.50. The molecular formula is C36H40N4O2. The third-order valence-electron chi connectivity index (χ3n) is 9.38. The van der Waals surface area contributed by atoms with E-state index in [1.165, 1.54) is 0 Å². The minimum Gasteiger partial charge on any atom is -0.757 e. The summed E-state index contributed by atoms with van der Waals surface area (Å²) in [5.74, 6) is 0.982. The smallest absolute Gasteiger partial charge is 0.364 e. The number of benzene rings is 3. The molecule has 6 heteroatoms. The molecule has 0 saturated carbocycles. The van der Waals surface area contributed by atoms with Gasteiger partial charge in [0.05, 0.1) is 11.1 Å². The number of amidine groups is 2. The molecule has 0 aliphatic carbocycles. The van der Waals surface area contributed by atoms with Gasteiger partial charge in [0.15, 0.2) is 11.1 Å². The molecule has 2 aliphatic rings. The van der Waals surface area contributed by atoms with Gasteiger partial charge >= 0.3 is 5.84 Å². The van der Waals surface area contributed by atoms with Crippen LogP contribution < -0.4 is 0 Å². The predicted octanol–water partition coefficient (Wildman–Crippen LogP) is 8.24. The van der Waals surface area contributed by atoms with Crippen molar-refractivity contribution in [1.29, 1.82) is 0 Å². The summed E-state index contributed by atoms with van der Waals surface area (Å²) in [7, 11) is 0. The second-order valence-electron chi connectivity index (χ2n) is 13.3. The fraction of sp³-hybridized carbons (Fsp3) is 0.333. The highest BCUT2D eigenvalue weighted by Crippen LogP contribution is 2.38. The molecule has 0 saturated heterocycles. The van der Waals surface area contributed by atoms with E-state index < -0.39 is 22.2 Å². The van der Waals surface area contributed by atoms with Crippen LogP contribution in [-0.2, 0) is 0 Å². The van der Waals surface area contributed by atoms with Gasteiger partial charge in [0.25, 0.3) is 0 Å². The van der Waals surface area contributed by atoms with Gasteiger partial charge in [-0.05, 0) is 94.5 Å². The van der Waals surface area contributed by atoms with Crippen LogP contribution >= 0.6 is 0 Å². The van der Waals surface area contributed by atoms with Crippen LogP contribution in [0.1, 0.15) is 88.8 Å². The van der Waals surface area contributed by atoms with E-state index in [1.54, 1.807) is 0 Å². The number of aliphatic imine (C=N–C) groups is 2. The molecule has 0 radical (unpaired) electrons. The molecule has 0 N–H and O–H groups in total. The van der Waals surface area contributed by atoms with Crippen molar-refractivity contribution in [2.45, 2.75) is 77.5 Å². The monoisotopic (exact) mass is 560 g/mol. The Morgan fingerprint density at radius 2 is 0.976 bits per heavy atom. The zero-order valence-electron chi connectivity index (χ0n) is 25.8. The van der Waals surface area contributed by atoms with Crippen molar-refractivity contribution in [3.8, 4) is 0 Å². The zero-order chi connectivity index (χ0) is 30.5. The third-order valence-corrected chi connectivity index (χ3v) is 9.38. The Kier molecular flexibility index (Phi) is 7.18. The van der Waals surface area contributed by atoms with Crippen molar-refractivity contribution in [1.82, 2.24) is 5.06 Å². The van der Waals surface area contributed by atoms with Gasteiger partial charge in [0.2, 0.25) is 0 Å². The van der Waals surface area contributed by atoms with Crippen molar-refractivity contribution in [3.63, 3.8) is 0 Å². The minimum absolute atomic E-state index is 0.449. The topological polar surface area (TPSA) is 71.1 Å². The van der Waals surface area contributed by atoms with Crippen molar-refractivity contribution in [3.05, 3.63) is 116 Å². The molecule has 0 unspecified atom stereocenters. The average Bonchev–Trinajstić information content (AvgIpc) is 3.23. The maximum Gasteiger partial charge on any atom is 0.364 e. The molecule has 0 aromatic heterocycles. The van der Waals surface area contributed by atoms with E-state index in [0.717, 1.165) is 43.2 Å². The summed E-state index contributed by atoms with van der Waals surface area (Å²) >= 11 is 0. The standard InChI is InChI=1S/C36H40N4O2/c1-33(2)35(5,6)39(41)31(37-33)29-21-17-27(18-22-29)15-13-25-9-11-26(12-10-25)14-16-28-19-23-30(24-20-28)32-38-34(3,4)36(7,8)40(32)42/h9-24H,1-8H3/b15-13+,16-14+. The molecule has 5 rings (SSSR count). The summed E-state index contributed by atoms with van der Waals surface area (Å²) in [6.07, 6.45) is 8.28. The van der Waals surface area contributed by atoms with E-state index in [9.17, 15) is 10.1 Å². The highest BCUT2D eigenvalue weighted by atomic mass is 16.5. The van der Waals surface area contributed by atoms with Crippen LogP contribution in [0.3, 0.4) is 0 Å². The molecule has 3 aromatic rings. The zero-order valence-corrected chi connectivity index (χ0v) is 25.8. The molecular weight excluding hydrogens is 520 g/mol. The van der Waals surface area contributed by atoms with Crippen molar-refractivity contribution < 1.29 is 4.76 Å². The van der Waals surface area contributed by atoms with Crippen LogP contribution in [0.4, 0.5) is 0 Å². The van der Waals surface area contributed by atoms with Gasteiger partial charge in [-0.25, -0.2) is 0 Å². The number of hydrogen-bond acceptors (Lipinski definition) is 5. The molecule has 0 fully saturated rings. The van der Waals surface area contributed by atoms with Crippen molar-refractivity contribution in [2.75, 3.05) is 0 Å². The molecule has 216 valence electrons. The molecule has 6 nitrogen and oxygen atoms in total. The summed E-state index contributed by atoms with van der Waals surface area (Å²) in [4.78, 5) is 22.3. The summed E-state index contributed by atoms with van der Waals surface area (Å²) in [6, 6.07) is 24.2. The molecule has 0 atom stereocenters. The Hall–Kier alpha value is -4.16. The van der Waals surface area contributed by atoms with Crippen LogP contribution in [0.15, 0.2) is 82.8 Å². The third kappa shape index (κ3) is 5.16. The van der Waals surface area contributed by atoms with Crippen LogP contribution in [0, 0.1) is 10.1 Å². The Morgan fingerprint density at radius 3 is 1.31 bits per heavy atom. The summed E-state index contributed by atoms with van der Waals surface area (Å²) in [5, 5.41) is 13.9. The Bertz CT molecular complexity index is 1620. The van der Waals surface area contributed by atoms with E-state index in [0.29, 0.717) is 11.7 Å². The summed E-state index contributed by atoms with van der Waals surface area (Å²) in [6.45, 7) is 15.7. The molecule has 0 bridgehead atoms. The van der Waals surface area contributed by atoms with E-state index in [2.05, 4.69) is 48.6 Å². The molecule has 2 aliphatic heterocycles. The molecule has 0 spiro atoms. The summed E-state index contributed by atoms with van der Waals surface area (Å²) in [5.41, 5.74) is 3.89. The van der Waals surface area contributed by atoms with E-state index in [1.807, 2.05) is 104 Å². The van der Waals surface area contributed by atoms with Crippen molar-refractivity contribution in [2.24, 2.45) is 9.98 Å². The Balaban J connectivity index is 1.21. The summed E-state index contributed by atoms with van der Waals surface area (Å²) < 4.78 is 1.04. The first-order chi connectivity index (χ1) is 19.6. The van der Waals surface area contributed by atoms with Crippen LogP contribution in [0.5, 0.6) is 0 Å². The number of hydroxylamine groups is 2. The van der Waals surface area contributed by atoms with Gasteiger partial charge in [-0.1, -0.05) is 94.9 Å². The second-order valence-corrected chi connectivity index (χ2v) is 13.3. The molecule has 0 amide bonds.